The van der Waals surface area contributed by atoms with Crippen LogP contribution in [0.25, 0.3) is 10.8 Å². The maximum atomic E-state index is 9.53. The number of fused-ring (bicyclic) bond motifs is 1. The Balaban J connectivity index is 2.20. The number of hydrogen-bond acceptors (Lipinski definition) is 5. The number of benzene rings is 2. The average Bonchev–Trinajstić information content (AvgIpc) is 2.66. The Hall–Kier alpha value is -2.86. The molecule has 0 aliphatic heterocycles. The van der Waals surface area contributed by atoms with Gasteiger partial charge in [-0.15, -0.1) is 0 Å². The lowest BCUT2D eigenvalue weighted by Crippen LogP contribution is -2.22. The summed E-state index contributed by atoms with van der Waals surface area (Å²) in [6, 6.07) is 11.5. The molecule has 2 aromatic rings. The van der Waals surface area contributed by atoms with Crippen molar-refractivity contribution in [2.45, 2.75) is 51.7 Å². The number of nitrogens with zero attached hydrogens (tertiary/aromatic N) is 2. The van der Waals surface area contributed by atoms with Crippen molar-refractivity contribution in [2.75, 3.05) is 0 Å². The molecule has 0 fully saturated rings. The predicted molar refractivity (Wildman–Crippen MR) is 106 cm³/mol. The summed E-state index contributed by atoms with van der Waals surface area (Å²) in [5.41, 5.74) is 1.44. The minimum Gasteiger partial charge on any atom is -0.461 e. The van der Waals surface area contributed by atoms with Crippen LogP contribution in [-0.4, -0.2) is 16.5 Å². The fourth-order valence-corrected chi connectivity index (χ4v) is 3.60. The van der Waals surface area contributed by atoms with Crippen LogP contribution in [0.5, 0.6) is 5.75 Å². The molecule has 2 aromatic carbocycles. The first-order valence-electron chi connectivity index (χ1n) is 9.40. The molecular weight excluding hydrogens is 352 g/mol. The van der Waals surface area contributed by atoms with Gasteiger partial charge in [0.1, 0.15) is 23.6 Å². The summed E-state index contributed by atoms with van der Waals surface area (Å²) in [5.74, 6) is 1.01. The fourth-order valence-electron chi connectivity index (χ4n) is 3.60. The summed E-state index contributed by atoms with van der Waals surface area (Å²) in [6.45, 7) is 6.27. The second-order valence-corrected chi connectivity index (χ2v) is 8.24. The van der Waals surface area contributed by atoms with E-state index in [1.54, 1.807) is 18.2 Å². The molecule has 1 aliphatic rings. The summed E-state index contributed by atoms with van der Waals surface area (Å²) < 4.78 is 6.33. The lowest BCUT2D eigenvalue weighted by atomic mass is 9.84. The molecular formula is C23H24N2O3. The molecule has 1 aliphatic carbocycles. The van der Waals surface area contributed by atoms with Crippen LogP contribution in [-0.2, 0) is 5.41 Å². The van der Waals surface area contributed by atoms with Crippen LogP contribution in [0.15, 0.2) is 36.1 Å². The summed E-state index contributed by atoms with van der Waals surface area (Å²) >= 11 is 0. The Bertz CT molecular complexity index is 1020. The van der Waals surface area contributed by atoms with Gasteiger partial charge in [-0.3, -0.25) is 0 Å². The van der Waals surface area contributed by atoms with Crippen molar-refractivity contribution in [3.05, 3.63) is 52.8 Å². The summed E-state index contributed by atoms with van der Waals surface area (Å²) in [4.78, 5) is 0. The highest BCUT2D eigenvalue weighted by Gasteiger charge is 2.25. The molecule has 28 heavy (non-hydrogen) atoms. The Morgan fingerprint density at radius 1 is 1.11 bits per heavy atom. The van der Waals surface area contributed by atoms with E-state index in [4.69, 9.17) is 4.74 Å². The van der Waals surface area contributed by atoms with Gasteiger partial charge in [0.2, 0.25) is 0 Å². The van der Waals surface area contributed by atoms with Gasteiger partial charge in [0.25, 0.3) is 0 Å². The Labute approximate surface area is 165 Å². The molecule has 0 bridgehead atoms. The lowest BCUT2D eigenvalue weighted by molar-refractivity contribution is -0.0743. The van der Waals surface area contributed by atoms with Crippen LogP contribution in [0.2, 0.25) is 0 Å². The molecule has 0 amide bonds. The molecule has 0 spiro atoms. The summed E-state index contributed by atoms with van der Waals surface area (Å²) in [7, 11) is 0. The smallest absolute Gasteiger partial charge is 0.157 e. The zero-order valence-electron chi connectivity index (χ0n) is 16.4. The Kier molecular flexibility index (Phi) is 5.42. The number of rotatable bonds is 3. The lowest BCUT2D eigenvalue weighted by Gasteiger charge is -2.27. The van der Waals surface area contributed by atoms with Crippen molar-refractivity contribution >= 4 is 10.8 Å². The van der Waals surface area contributed by atoms with Crippen molar-refractivity contribution in [3.63, 3.8) is 0 Å². The number of allylic oxidation sites excluding steroid dienone is 1. The number of nitriles is 2. The van der Waals surface area contributed by atoms with E-state index in [2.05, 4.69) is 32.9 Å². The van der Waals surface area contributed by atoms with Gasteiger partial charge >= 0.3 is 0 Å². The quantitative estimate of drug-likeness (QED) is 0.780. The molecule has 1 atom stereocenters. The first-order chi connectivity index (χ1) is 13.2. The van der Waals surface area contributed by atoms with E-state index in [0.717, 1.165) is 22.8 Å². The topological polar surface area (TPSA) is 97.3 Å². The molecule has 0 saturated heterocycles. The van der Waals surface area contributed by atoms with E-state index < -0.39 is 6.29 Å². The zero-order valence-corrected chi connectivity index (χ0v) is 16.4. The Morgan fingerprint density at radius 3 is 2.39 bits per heavy atom. The molecule has 3 rings (SSSR count). The zero-order chi connectivity index (χ0) is 20.5. The average molecular weight is 376 g/mol. The highest BCUT2D eigenvalue weighted by molar-refractivity contribution is 5.92. The van der Waals surface area contributed by atoms with Gasteiger partial charge in [0.05, 0.1) is 11.1 Å². The molecule has 5 heteroatoms. The molecule has 1 unspecified atom stereocenters. The number of aliphatic hydroxyl groups is 2. The van der Waals surface area contributed by atoms with Gasteiger partial charge in [-0.2, -0.15) is 10.5 Å². The highest BCUT2D eigenvalue weighted by Crippen LogP contribution is 2.40. The van der Waals surface area contributed by atoms with Gasteiger partial charge in [0.15, 0.2) is 6.29 Å². The summed E-state index contributed by atoms with van der Waals surface area (Å²) in [5, 5.41) is 39.4. The fraction of sp³-hybridized carbons (Fsp3) is 0.391. The minimum absolute atomic E-state index is 0.199. The van der Waals surface area contributed by atoms with Gasteiger partial charge in [-0.1, -0.05) is 32.9 Å². The molecule has 0 heterocycles. The van der Waals surface area contributed by atoms with Crippen LogP contribution in [0, 0.1) is 28.6 Å². The maximum absolute atomic E-state index is 9.53. The standard InChI is InChI=1S/C23H24N2O3/c1-23(2,3)20-8-7-14-9-16(12-24)17(13-25)11-19(14)21(20)28-18-6-4-5-15(10-18)22(26)27/h7-11,15,22,26-27H,4-6H2,1-3H3. The normalized spacial score (nSPS) is 17.1. The highest BCUT2D eigenvalue weighted by atomic mass is 16.5. The minimum atomic E-state index is -1.41. The SMILES string of the molecule is CC(C)(C)c1ccc2cc(C#N)c(C#N)cc2c1OC1=CC(C(O)O)CCC1. The van der Waals surface area contributed by atoms with E-state index in [0.29, 0.717) is 35.5 Å². The van der Waals surface area contributed by atoms with Crippen molar-refractivity contribution < 1.29 is 14.9 Å². The van der Waals surface area contributed by atoms with Crippen LogP contribution >= 0.6 is 0 Å². The van der Waals surface area contributed by atoms with E-state index >= 15 is 0 Å². The van der Waals surface area contributed by atoms with Crippen molar-refractivity contribution in [3.8, 4) is 17.9 Å². The van der Waals surface area contributed by atoms with Gasteiger partial charge < -0.3 is 14.9 Å². The van der Waals surface area contributed by atoms with Gasteiger partial charge in [-0.25, -0.2) is 0 Å². The van der Waals surface area contributed by atoms with E-state index in [1.165, 1.54) is 0 Å². The van der Waals surface area contributed by atoms with Gasteiger partial charge in [-0.05, 0) is 41.9 Å². The number of aliphatic hydroxyl groups excluding tert-OH is 1. The van der Waals surface area contributed by atoms with E-state index in [9.17, 15) is 20.7 Å². The van der Waals surface area contributed by atoms with Crippen molar-refractivity contribution in [1.82, 2.24) is 0 Å². The molecule has 0 saturated carbocycles. The molecule has 0 aromatic heterocycles. The van der Waals surface area contributed by atoms with E-state index in [1.807, 2.05) is 12.1 Å². The third kappa shape index (κ3) is 3.87. The van der Waals surface area contributed by atoms with Crippen molar-refractivity contribution in [2.24, 2.45) is 5.92 Å². The molecule has 2 N–H and O–H groups in total. The second-order valence-electron chi connectivity index (χ2n) is 8.24. The van der Waals surface area contributed by atoms with Gasteiger partial charge in [0, 0.05) is 23.3 Å². The third-order valence-corrected chi connectivity index (χ3v) is 5.13. The van der Waals surface area contributed by atoms with Crippen molar-refractivity contribution in [1.29, 1.82) is 10.5 Å². The summed E-state index contributed by atoms with van der Waals surface area (Å²) in [6.07, 6.45) is 2.61. The first kappa shape index (κ1) is 19.9. The maximum Gasteiger partial charge on any atom is 0.157 e. The van der Waals surface area contributed by atoms with Crippen LogP contribution in [0.4, 0.5) is 0 Å². The first-order valence-corrected chi connectivity index (χ1v) is 9.40. The van der Waals surface area contributed by atoms with E-state index in [-0.39, 0.29) is 11.3 Å². The molecule has 5 nitrogen and oxygen atoms in total. The predicted octanol–water partition coefficient (Wildman–Crippen LogP) is 4.25. The monoisotopic (exact) mass is 376 g/mol. The molecule has 144 valence electrons. The number of ether oxygens (including phenoxy) is 1. The molecule has 0 radical (unpaired) electrons. The van der Waals surface area contributed by atoms with Crippen LogP contribution in [0.1, 0.15) is 56.7 Å². The van der Waals surface area contributed by atoms with Crippen LogP contribution < -0.4 is 4.74 Å². The largest absolute Gasteiger partial charge is 0.461 e. The third-order valence-electron chi connectivity index (χ3n) is 5.13. The van der Waals surface area contributed by atoms with Crippen LogP contribution in [0.3, 0.4) is 0 Å². The Morgan fingerprint density at radius 2 is 1.79 bits per heavy atom. The number of hydrogen-bond donors (Lipinski definition) is 2. The second kappa shape index (κ2) is 7.64.